The third-order valence-corrected chi connectivity index (χ3v) is 6.77. The maximum Gasteiger partial charge on any atom is 0.186 e. The molecular formula is C23H28FN3O2S. The van der Waals surface area contributed by atoms with Gasteiger partial charge in [-0.2, -0.15) is 0 Å². The molecule has 4 rings (SSSR count). The molecule has 1 aliphatic rings. The van der Waals surface area contributed by atoms with Crippen LogP contribution in [0.15, 0.2) is 42.5 Å². The van der Waals surface area contributed by atoms with Crippen molar-refractivity contribution in [3.05, 3.63) is 53.8 Å². The van der Waals surface area contributed by atoms with Gasteiger partial charge in [-0.15, -0.1) is 0 Å². The monoisotopic (exact) mass is 429 g/mol. The van der Waals surface area contributed by atoms with Crippen LogP contribution in [0.3, 0.4) is 0 Å². The molecule has 0 amide bonds. The smallest absolute Gasteiger partial charge is 0.186 e. The Labute approximate surface area is 180 Å². The number of aliphatic hydroxyl groups is 1. The number of hydrogen-bond donors (Lipinski definition) is 1. The quantitative estimate of drug-likeness (QED) is 0.613. The van der Waals surface area contributed by atoms with E-state index in [0.29, 0.717) is 18.3 Å². The minimum absolute atomic E-state index is 0.205. The van der Waals surface area contributed by atoms with Crippen LogP contribution in [0.25, 0.3) is 10.2 Å². The normalized spacial score (nSPS) is 16.7. The second-order valence-corrected chi connectivity index (χ2v) is 9.04. The van der Waals surface area contributed by atoms with Crippen LogP contribution in [0.2, 0.25) is 0 Å². The number of ether oxygens (including phenoxy) is 1. The standard InChI is InChI=1S/C23H28FN3O2S/c1-16-3-8-21-22(13-16)30-23(25-21)26(2)18-9-11-27(12-10-18)14-19(28)15-29-20-6-4-17(24)5-7-20/h3-8,13,18-19,28H,9-12,14-15H2,1-2H3. The van der Waals surface area contributed by atoms with Gasteiger partial charge in [0.1, 0.15) is 24.3 Å². The highest BCUT2D eigenvalue weighted by Crippen LogP contribution is 2.31. The number of hydrogen-bond acceptors (Lipinski definition) is 6. The summed E-state index contributed by atoms with van der Waals surface area (Å²) in [7, 11) is 2.14. The van der Waals surface area contributed by atoms with E-state index in [1.807, 2.05) is 0 Å². The van der Waals surface area contributed by atoms with Crippen LogP contribution >= 0.6 is 11.3 Å². The lowest BCUT2D eigenvalue weighted by Crippen LogP contribution is -2.46. The molecule has 2 heterocycles. The van der Waals surface area contributed by atoms with Crippen molar-refractivity contribution in [1.82, 2.24) is 9.88 Å². The molecule has 30 heavy (non-hydrogen) atoms. The Morgan fingerprint density at radius 1 is 1.23 bits per heavy atom. The van der Waals surface area contributed by atoms with E-state index in [0.717, 1.165) is 36.6 Å². The molecule has 0 bridgehead atoms. The molecule has 1 saturated heterocycles. The van der Waals surface area contributed by atoms with Crippen molar-refractivity contribution in [3.8, 4) is 5.75 Å². The highest BCUT2D eigenvalue weighted by molar-refractivity contribution is 7.22. The topological polar surface area (TPSA) is 48.8 Å². The summed E-state index contributed by atoms with van der Waals surface area (Å²) in [5.41, 5.74) is 2.32. The van der Waals surface area contributed by atoms with Crippen molar-refractivity contribution in [2.24, 2.45) is 0 Å². The molecule has 3 aromatic rings. The maximum atomic E-state index is 12.9. The van der Waals surface area contributed by atoms with Crippen LogP contribution in [-0.4, -0.2) is 60.4 Å². The van der Waals surface area contributed by atoms with Crippen LogP contribution in [-0.2, 0) is 0 Å². The zero-order valence-electron chi connectivity index (χ0n) is 17.4. The van der Waals surface area contributed by atoms with Gasteiger partial charge in [0.15, 0.2) is 5.13 Å². The summed E-state index contributed by atoms with van der Waals surface area (Å²) in [4.78, 5) is 9.40. The molecule has 1 atom stereocenters. The Kier molecular flexibility index (Phi) is 6.51. The third-order valence-electron chi connectivity index (χ3n) is 5.66. The van der Waals surface area contributed by atoms with E-state index < -0.39 is 6.10 Å². The third kappa shape index (κ3) is 5.09. The number of aromatic nitrogens is 1. The summed E-state index contributed by atoms with van der Waals surface area (Å²) in [6, 6.07) is 12.7. The average molecular weight is 430 g/mol. The first-order valence-electron chi connectivity index (χ1n) is 10.4. The van der Waals surface area contributed by atoms with Gasteiger partial charge >= 0.3 is 0 Å². The van der Waals surface area contributed by atoms with Crippen molar-refractivity contribution >= 4 is 26.7 Å². The summed E-state index contributed by atoms with van der Waals surface area (Å²) in [6.45, 7) is 4.77. The Morgan fingerprint density at radius 3 is 2.70 bits per heavy atom. The number of benzene rings is 2. The van der Waals surface area contributed by atoms with Gasteiger partial charge in [0.05, 0.1) is 10.2 Å². The summed E-state index contributed by atoms with van der Waals surface area (Å²) in [6.07, 6.45) is 1.50. The molecule has 5 nitrogen and oxygen atoms in total. The Hall–Kier alpha value is -2.22. The number of aliphatic hydroxyl groups excluding tert-OH is 1. The second-order valence-electron chi connectivity index (χ2n) is 8.03. The van der Waals surface area contributed by atoms with Gasteiger partial charge in [0.25, 0.3) is 0 Å². The molecule has 2 aromatic carbocycles. The SMILES string of the molecule is Cc1ccc2nc(N(C)C3CCN(CC(O)COc4ccc(F)cc4)CC3)sc2c1. The van der Waals surface area contributed by atoms with Gasteiger partial charge in [-0.05, 0) is 61.7 Å². The van der Waals surface area contributed by atoms with E-state index >= 15 is 0 Å². The highest BCUT2D eigenvalue weighted by Gasteiger charge is 2.25. The van der Waals surface area contributed by atoms with E-state index in [1.165, 1.54) is 22.4 Å². The summed E-state index contributed by atoms with van der Waals surface area (Å²) in [5.74, 6) is 0.276. The van der Waals surface area contributed by atoms with Gasteiger partial charge in [-0.3, -0.25) is 0 Å². The number of likely N-dealkylation sites (tertiary alicyclic amines) is 1. The number of β-amino-alcohol motifs (C(OH)–C–C–N with tert-alkyl or cyclic N) is 1. The largest absolute Gasteiger partial charge is 0.491 e. The Balaban J connectivity index is 1.25. The van der Waals surface area contributed by atoms with Crippen LogP contribution in [0, 0.1) is 12.7 Å². The van der Waals surface area contributed by atoms with E-state index in [2.05, 4.69) is 42.0 Å². The van der Waals surface area contributed by atoms with Crippen molar-refractivity contribution < 1.29 is 14.2 Å². The molecule has 1 aromatic heterocycles. The van der Waals surface area contributed by atoms with Crippen molar-refractivity contribution in [3.63, 3.8) is 0 Å². The van der Waals surface area contributed by atoms with Gasteiger partial charge in [-0.1, -0.05) is 17.4 Å². The predicted molar refractivity (Wildman–Crippen MR) is 120 cm³/mol. The average Bonchev–Trinajstić information content (AvgIpc) is 3.16. The fourth-order valence-electron chi connectivity index (χ4n) is 3.89. The Bertz CT molecular complexity index is 970. The van der Waals surface area contributed by atoms with E-state index in [1.54, 1.807) is 23.5 Å². The van der Waals surface area contributed by atoms with Gasteiger partial charge in [0, 0.05) is 32.7 Å². The number of piperidine rings is 1. The first kappa shape index (κ1) is 21.0. The predicted octanol–water partition coefficient (Wildman–Crippen LogP) is 4.08. The number of thiazole rings is 1. The maximum absolute atomic E-state index is 12.9. The van der Waals surface area contributed by atoms with Crippen LogP contribution in [0.4, 0.5) is 9.52 Å². The lowest BCUT2D eigenvalue weighted by Gasteiger charge is -2.37. The first-order chi connectivity index (χ1) is 14.5. The highest BCUT2D eigenvalue weighted by atomic mass is 32.1. The molecule has 7 heteroatoms. The first-order valence-corrected chi connectivity index (χ1v) is 11.2. The van der Waals surface area contributed by atoms with Crippen molar-refractivity contribution in [2.75, 3.05) is 38.2 Å². The summed E-state index contributed by atoms with van der Waals surface area (Å²) < 4.78 is 19.7. The Morgan fingerprint density at radius 2 is 1.97 bits per heavy atom. The van der Waals surface area contributed by atoms with Gasteiger partial charge < -0.3 is 19.6 Å². The number of nitrogens with zero attached hydrogens (tertiary/aromatic N) is 3. The lowest BCUT2D eigenvalue weighted by molar-refractivity contribution is 0.0595. The van der Waals surface area contributed by atoms with Crippen LogP contribution < -0.4 is 9.64 Å². The number of halogens is 1. The second kappa shape index (κ2) is 9.29. The molecule has 0 radical (unpaired) electrons. The minimum Gasteiger partial charge on any atom is -0.491 e. The molecule has 0 aliphatic carbocycles. The molecular weight excluding hydrogens is 401 g/mol. The molecule has 160 valence electrons. The zero-order chi connectivity index (χ0) is 21.1. The fraction of sp³-hybridized carbons (Fsp3) is 0.435. The van der Waals surface area contributed by atoms with Gasteiger partial charge in [-0.25, -0.2) is 9.37 Å². The van der Waals surface area contributed by atoms with Crippen LogP contribution in [0.1, 0.15) is 18.4 Å². The van der Waals surface area contributed by atoms with Crippen LogP contribution in [0.5, 0.6) is 5.75 Å². The minimum atomic E-state index is -0.572. The zero-order valence-corrected chi connectivity index (χ0v) is 18.2. The number of aryl methyl sites for hydroxylation is 1. The molecule has 0 saturated carbocycles. The summed E-state index contributed by atoms with van der Waals surface area (Å²) >= 11 is 1.75. The lowest BCUT2D eigenvalue weighted by atomic mass is 10.0. The molecule has 1 aliphatic heterocycles. The fourth-order valence-corrected chi connectivity index (χ4v) is 4.99. The van der Waals surface area contributed by atoms with Crippen molar-refractivity contribution in [2.45, 2.75) is 31.9 Å². The molecule has 1 fully saturated rings. The number of rotatable bonds is 7. The number of fused-ring (bicyclic) bond motifs is 1. The molecule has 1 unspecified atom stereocenters. The van der Waals surface area contributed by atoms with E-state index in [9.17, 15) is 9.50 Å². The summed E-state index contributed by atoms with van der Waals surface area (Å²) in [5, 5.41) is 11.4. The number of anilines is 1. The molecule has 1 N–H and O–H groups in total. The van der Waals surface area contributed by atoms with E-state index in [-0.39, 0.29) is 12.4 Å². The van der Waals surface area contributed by atoms with Crippen molar-refractivity contribution in [1.29, 1.82) is 0 Å². The van der Waals surface area contributed by atoms with E-state index in [4.69, 9.17) is 9.72 Å². The van der Waals surface area contributed by atoms with Gasteiger partial charge in [0.2, 0.25) is 0 Å². The molecule has 0 spiro atoms.